The van der Waals surface area contributed by atoms with Gasteiger partial charge < -0.3 is 10.6 Å². The summed E-state index contributed by atoms with van der Waals surface area (Å²) in [7, 11) is 1.73. The largest absolute Gasteiger partial charge is 0.398 e. The molecule has 0 bridgehead atoms. The second-order valence-electron chi connectivity index (χ2n) is 4.22. The monoisotopic (exact) mass is 295 g/mol. The quantitative estimate of drug-likeness (QED) is 0.886. The number of hydrogen-bond donors (Lipinski definition) is 1. The van der Waals surface area contributed by atoms with Crippen molar-refractivity contribution in [2.45, 2.75) is 13.5 Å². The number of carbonyl (C=O) groups is 1. The Bertz CT molecular complexity index is 612. The van der Waals surface area contributed by atoms with Gasteiger partial charge >= 0.3 is 0 Å². The van der Waals surface area contributed by atoms with Crippen LogP contribution in [-0.4, -0.2) is 22.8 Å². The Morgan fingerprint density at radius 2 is 2.26 bits per heavy atom. The number of anilines is 1. The lowest BCUT2D eigenvalue weighted by Gasteiger charge is -2.17. The molecule has 0 aliphatic heterocycles. The van der Waals surface area contributed by atoms with E-state index in [-0.39, 0.29) is 5.91 Å². The number of amides is 1. The van der Waals surface area contributed by atoms with Crippen LogP contribution in [0.5, 0.6) is 0 Å². The summed E-state index contributed by atoms with van der Waals surface area (Å²) in [5, 5.41) is 1.29. The molecule has 1 aromatic carbocycles. The minimum Gasteiger partial charge on any atom is -0.398 e. The zero-order valence-corrected chi connectivity index (χ0v) is 12.3. The first kappa shape index (κ1) is 13.8. The minimum atomic E-state index is -0.150. The Morgan fingerprint density at radius 3 is 2.89 bits per heavy atom. The van der Waals surface area contributed by atoms with E-state index >= 15 is 0 Å². The normalized spacial score (nSPS) is 10.5. The molecule has 100 valence electrons. The van der Waals surface area contributed by atoms with Crippen LogP contribution in [0.25, 0.3) is 0 Å². The average molecular weight is 296 g/mol. The lowest BCUT2D eigenvalue weighted by atomic mass is 10.2. The van der Waals surface area contributed by atoms with E-state index in [2.05, 4.69) is 4.98 Å². The molecular weight excluding hydrogens is 282 g/mol. The molecule has 6 heteroatoms. The Balaban J connectivity index is 2.17. The summed E-state index contributed by atoms with van der Waals surface area (Å²) in [6.07, 6.45) is 1.78. The lowest BCUT2D eigenvalue weighted by Crippen LogP contribution is -2.26. The number of thiazole rings is 1. The van der Waals surface area contributed by atoms with Crippen LogP contribution in [0.1, 0.15) is 20.2 Å². The minimum absolute atomic E-state index is 0.150. The summed E-state index contributed by atoms with van der Waals surface area (Å²) in [5.41, 5.74) is 6.54. The third-order valence-electron chi connectivity index (χ3n) is 2.67. The first-order valence-electron chi connectivity index (χ1n) is 5.70. The van der Waals surface area contributed by atoms with Crippen LogP contribution in [0.15, 0.2) is 24.4 Å². The molecule has 0 aliphatic carbocycles. The summed E-state index contributed by atoms with van der Waals surface area (Å²) in [5.74, 6) is -0.150. The van der Waals surface area contributed by atoms with Crippen molar-refractivity contribution in [2.24, 2.45) is 0 Å². The van der Waals surface area contributed by atoms with Crippen LogP contribution in [-0.2, 0) is 6.54 Å². The SMILES string of the molecule is Cc1ncc(CN(C)C(=O)c2cccc(N)c2Cl)s1. The maximum atomic E-state index is 12.3. The lowest BCUT2D eigenvalue weighted by molar-refractivity contribution is 0.0786. The van der Waals surface area contributed by atoms with Gasteiger partial charge in [-0.25, -0.2) is 4.98 Å². The van der Waals surface area contributed by atoms with Gasteiger partial charge in [-0.1, -0.05) is 17.7 Å². The van der Waals surface area contributed by atoms with Gasteiger partial charge in [-0.15, -0.1) is 11.3 Å². The van der Waals surface area contributed by atoms with Gasteiger partial charge in [0.05, 0.1) is 27.8 Å². The number of halogens is 1. The predicted octanol–water partition coefficient (Wildman–Crippen LogP) is 2.96. The van der Waals surface area contributed by atoms with Gasteiger partial charge in [0.25, 0.3) is 5.91 Å². The van der Waals surface area contributed by atoms with Crippen molar-refractivity contribution in [1.82, 2.24) is 9.88 Å². The van der Waals surface area contributed by atoms with Crippen LogP contribution in [0.3, 0.4) is 0 Å². The Hall–Kier alpha value is -1.59. The van der Waals surface area contributed by atoms with Gasteiger partial charge in [-0.05, 0) is 19.1 Å². The van der Waals surface area contributed by atoms with Crippen LogP contribution < -0.4 is 5.73 Å². The van der Waals surface area contributed by atoms with Gasteiger partial charge in [0, 0.05) is 18.1 Å². The highest BCUT2D eigenvalue weighted by atomic mass is 35.5. The van der Waals surface area contributed by atoms with E-state index in [1.165, 1.54) is 0 Å². The number of benzene rings is 1. The molecule has 0 radical (unpaired) electrons. The van der Waals surface area contributed by atoms with Crippen molar-refractivity contribution in [3.8, 4) is 0 Å². The Labute approximate surface area is 120 Å². The molecule has 0 saturated heterocycles. The Kier molecular flexibility index (Phi) is 4.07. The summed E-state index contributed by atoms with van der Waals surface area (Å²) in [6, 6.07) is 5.07. The van der Waals surface area contributed by atoms with Crippen LogP contribution >= 0.6 is 22.9 Å². The number of rotatable bonds is 3. The maximum absolute atomic E-state index is 12.3. The highest BCUT2D eigenvalue weighted by Gasteiger charge is 2.17. The number of nitrogens with two attached hydrogens (primary N) is 1. The molecule has 0 spiro atoms. The fourth-order valence-corrected chi connectivity index (χ4v) is 2.76. The molecule has 2 N–H and O–H groups in total. The molecule has 1 heterocycles. The van der Waals surface area contributed by atoms with Crippen molar-refractivity contribution in [3.05, 3.63) is 44.9 Å². The van der Waals surface area contributed by atoms with E-state index < -0.39 is 0 Å². The number of aromatic nitrogens is 1. The molecule has 0 fully saturated rings. The van der Waals surface area contributed by atoms with Gasteiger partial charge in [0.2, 0.25) is 0 Å². The predicted molar refractivity (Wildman–Crippen MR) is 78.5 cm³/mol. The summed E-state index contributed by atoms with van der Waals surface area (Å²) in [4.78, 5) is 19.1. The first-order chi connectivity index (χ1) is 8.99. The zero-order valence-electron chi connectivity index (χ0n) is 10.7. The van der Waals surface area contributed by atoms with E-state index in [9.17, 15) is 4.79 Å². The van der Waals surface area contributed by atoms with Crippen molar-refractivity contribution in [2.75, 3.05) is 12.8 Å². The highest BCUT2D eigenvalue weighted by Crippen LogP contribution is 2.24. The van der Waals surface area contributed by atoms with Gasteiger partial charge in [-0.2, -0.15) is 0 Å². The molecule has 0 aliphatic rings. The van der Waals surface area contributed by atoms with Gasteiger partial charge in [-0.3, -0.25) is 4.79 Å². The van der Waals surface area contributed by atoms with Crippen LogP contribution in [0.4, 0.5) is 5.69 Å². The summed E-state index contributed by atoms with van der Waals surface area (Å²) in [6.45, 7) is 2.44. The number of hydrogen-bond acceptors (Lipinski definition) is 4. The molecule has 0 unspecified atom stereocenters. The molecule has 0 saturated carbocycles. The van der Waals surface area contributed by atoms with Crippen molar-refractivity contribution >= 4 is 34.5 Å². The molecule has 4 nitrogen and oxygen atoms in total. The molecule has 2 rings (SSSR count). The van der Waals surface area contributed by atoms with E-state index in [0.717, 1.165) is 9.88 Å². The standard InChI is InChI=1S/C13H14ClN3OS/c1-8-16-6-9(19-8)7-17(2)13(18)10-4-3-5-11(15)12(10)14/h3-6H,7,15H2,1-2H3. The fraction of sp³-hybridized carbons (Fsp3) is 0.231. The van der Waals surface area contributed by atoms with E-state index in [1.54, 1.807) is 47.7 Å². The van der Waals surface area contributed by atoms with E-state index in [0.29, 0.717) is 22.8 Å². The zero-order chi connectivity index (χ0) is 14.0. The topological polar surface area (TPSA) is 59.2 Å². The molecule has 19 heavy (non-hydrogen) atoms. The molecular formula is C13H14ClN3OS. The first-order valence-corrected chi connectivity index (χ1v) is 6.89. The number of aryl methyl sites for hydroxylation is 1. The smallest absolute Gasteiger partial charge is 0.255 e. The molecule has 1 amide bonds. The number of carbonyl (C=O) groups excluding carboxylic acids is 1. The summed E-state index contributed by atoms with van der Waals surface area (Å²) < 4.78 is 0. The third-order valence-corrected chi connectivity index (χ3v) is 3.99. The highest BCUT2D eigenvalue weighted by molar-refractivity contribution is 7.11. The van der Waals surface area contributed by atoms with Crippen LogP contribution in [0.2, 0.25) is 5.02 Å². The number of nitrogens with zero attached hydrogens (tertiary/aromatic N) is 2. The maximum Gasteiger partial charge on any atom is 0.255 e. The van der Waals surface area contributed by atoms with Crippen molar-refractivity contribution in [3.63, 3.8) is 0 Å². The van der Waals surface area contributed by atoms with E-state index in [4.69, 9.17) is 17.3 Å². The van der Waals surface area contributed by atoms with E-state index in [1.807, 2.05) is 6.92 Å². The van der Waals surface area contributed by atoms with Gasteiger partial charge in [0.1, 0.15) is 0 Å². The Morgan fingerprint density at radius 1 is 1.53 bits per heavy atom. The molecule has 2 aromatic rings. The summed E-state index contributed by atoms with van der Waals surface area (Å²) >= 11 is 7.63. The second kappa shape index (κ2) is 5.59. The molecule has 0 atom stereocenters. The van der Waals surface area contributed by atoms with Crippen molar-refractivity contribution < 1.29 is 4.79 Å². The molecule has 1 aromatic heterocycles. The van der Waals surface area contributed by atoms with Gasteiger partial charge in [0.15, 0.2) is 0 Å². The number of nitrogen functional groups attached to an aromatic ring is 1. The fourth-order valence-electron chi connectivity index (χ4n) is 1.70. The second-order valence-corrected chi connectivity index (χ2v) is 5.91. The average Bonchev–Trinajstić information content (AvgIpc) is 2.77. The van der Waals surface area contributed by atoms with Crippen molar-refractivity contribution in [1.29, 1.82) is 0 Å². The van der Waals surface area contributed by atoms with Crippen LogP contribution in [0, 0.1) is 6.92 Å². The third kappa shape index (κ3) is 3.05.